The summed E-state index contributed by atoms with van der Waals surface area (Å²) in [7, 11) is 0. The van der Waals surface area contributed by atoms with Gasteiger partial charge < -0.3 is 9.72 Å². The molecule has 5 nitrogen and oxygen atoms in total. The number of hydrazone groups is 1. The van der Waals surface area contributed by atoms with E-state index in [-0.39, 0.29) is 12.5 Å². The lowest BCUT2D eigenvalue weighted by atomic mass is 10.2. The zero-order valence-corrected chi connectivity index (χ0v) is 12.6. The summed E-state index contributed by atoms with van der Waals surface area (Å²) < 4.78 is 5.43. The van der Waals surface area contributed by atoms with Gasteiger partial charge in [-0.2, -0.15) is 5.10 Å². The molecular weight excluding hydrogens is 290 g/mol. The van der Waals surface area contributed by atoms with Gasteiger partial charge in [0.05, 0.1) is 11.4 Å². The average molecular weight is 306 g/mol. The van der Waals surface area contributed by atoms with Crippen LogP contribution in [0.5, 0.6) is 5.75 Å². The number of ether oxygens (including phenoxy) is 1. The summed E-state index contributed by atoms with van der Waals surface area (Å²) in [5, 5.41) is 4.63. The second-order valence-corrected chi connectivity index (χ2v) is 4.95. The largest absolute Gasteiger partial charge is 0.483 e. The van der Waals surface area contributed by atoms with Gasteiger partial charge in [0.25, 0.3) is 5.91 Å². The molecule has 0 radical (unpaired) electrons. The maximum absolute atomic E-state index is 11.7. The van der Waals surface area contributed by atoms with Crippen LogP contribution in [0.25, 0.3) is 0 Å². The minimum atomic E-state index is -0.324. The van der Waals surface area contributed by atoms with Crippen molar-refractivity contribution in [2.75, 3.05) is 6.61 Å². The Balaban J connectivity index is 1.86. The van der Waals surface area contributed by atoms with Crippen LogP contribution in [0, 0.1) is 6.92 Å². The third kappa shape index (κ3) is 4.36. The van der Waals surface area contributed by atoms with Gasteiger partial charge in [-0.3, -0.25) is 4.79 Å². The fraction of sp³-hybridized carbons (Fsp3) is 0.200. The molecule has 110 valence electrons. The van der Waals surface area contributed by atoms with Gasteiger partial charge in [0, 0.05) is 11.2 Å². The highest BCUT2D eigenvalue weighted by atomic mass is 35.5. The summed E-state index contributed by atoms with van der Waals surface area (Å²) in [6.45, 7) is 3.56. The van der Waals surface area contributed by atoms with E-state index >= 15 is 0 Å². The van der Waals surface area contributed by atoms with E-state index in [1.54, 1.807) is 31.3 Å². The van der Waals surface area contributed by atoms with Crippen molar-refractivity contribution >= 4 is 23.2 Å². The van der Waals surface area contributed by atoms with Crippen molar-refractivity contribution in [1.82, 2.24) is 10.4 Å². The number of halogens is 1. The van der Waals surface area contributed by atoms with Gasteiger partial charge in [-0.05, 0) is 49.7 Å². The highest BCUT2D eigenvalue weighted by molar-refractivity contribution is 6.30. The number of hydrogen-bond donors (Lipinski definition) is 2. The summed E-state index contributed by atoms with van der Waals surface area (Å²) in [4.78, 5) is 14.7. The molecule has 6 heteroatoms. The number of H-pyrrole nitrogens is 1. The fourth-order valence-corrected chi connectivity index (χ4v) is 1.94. The lowest BCUT2D eigenvalue weighted by Crippen LogP contribution is -2.25. The van der Waals surface area contributed by atoms with E-state index < -0.39 is 0 Å². The van der Waals surface area contributed by atoms with Gasteiger partial charge in [0.2, 0.25) is 0 Å². The van der Waals surface area contributed by atoms with Crippen LogP contribution in [-0.4, -0.2) is 23.2 Å². The van der Waals surface area contributed by atoms with Crippen molar-refractivity contribution in [1.29, 1.82) is 0 Å². The van der Waals surface area contributed by atoms with E-state index in [4.69, 9.17) is 16.3 Å². The van der Waals surface area contributed by atoms with Crippen LogP contribution < -0.4 is 10.2 Å². The van der Waals surface area contributed by atoms with E-state index in [1.165, 1.54) is 0 Å². The number of amides is 1. The molecule has 2 N–H and O–H groups in total. The molecular formula is C15H16ClN3O2. The number of aromatic amines is 1. The number of carbonyl (C=O) groups excluding carboxylic acids is 1. The van der Waals surface area contributed by atoms with Crippen molar-refractivity contribution in [2.45, 2.75) is 13.8 Å². The summed E-state index contributed by atoms with van der Waals surface area (Å²) in [5.41, 5.74) is 4.87. The van der Waals surface area contributed by atoms with E-state index in [0.717, 1.165) is 11.3 Å². The average Bonchev–Trinajstić information content (AvgIpc) is 2.98. The van der Waals surface area contributed by atoms with Crippen molar-refractivity contribution in [3.8, 4) is 5.75 Å². The van der Waals surface area contributed by atoms with Crippen LogP contribution >= 0.6 is 11.6 Å². The molecule has 2 rings (SSSR count). The fourth-order valence-electron chi connectivity index (χ4n) is 1.71. The van der Waals surface area contributed by atoms with Crippen LogP contribution in [0.2, 0.25) is 5.02 Å². The molecule has 1 aromatic heterocycles. The SMILES string of the molecule is C/C(=N\NC(=O)COc1ccc(Cl)cc1C)c1ccc[nH]1. The monoisotopic (exact) mass is 305 g/mol. The lowest BCUT2D eigenvalue weighted by molar-refractivity contribution is -0.123. The lowest BCUT2D eigenvalue weighted by Gasteiger charge is -2.08. The van der Waals surface area contributed by atoms with Crippen molar-refractivity contribution in [3.05, 3.63) is 52.8 Å². The maximum atomic E-state index is 11.7. The number of aryl methyl sites for hydroxylation is 1. The molecule has 0 bridgehead atoms. The van der Waals surface area contributed by atoms with E-state index in [1.807, 2.05) is 19.1 Å². The van der Waals surface area contributed by atoms with Crippen LogP contribution in [0.3, 0.4) is 0 Å². The predicted molar refractivity (Wildman–Crippen MR) is 82.8 cm³/mol. The third-order valence-corrected chi connectivity index (χ3v) is 3.07. The first-order chi connectivity index (χ1) is 10.1. The highest BCUT2D eigenvalue weighted by Gasteiger charge is 2.05. The van der Waals surface area contributed by atoms with Crippen LogP contribution in [0.15, 0.2) is 41.6 Å². The first-order valence-corrected chi connectivity index (χ1v) is 6.80. The molecule has 0 atom stereocenters. The quantitative estimate of drug-likeness (QED) is 0.659. The second-order valence-electron chi connectivity index (χ2n) is 4.51. The molecule has 1 aromatic carbocycles. The Labute approximate surface area is 128 Å². The van der Waals surface area contributed by atoms with Gasteiger partial charge >= 0.3 is 0 Å². The standard InChI is InChI=1S/C15H16ClN3O2/c1-10-8-12(16)5-6-14(10)21-9-15(20)19-18-11(2)13-4-3-7-17-13/h3-8,17H,9H2,1-2H3,(H,19,20)/b18-11+. The minimum absolute atomic E-state index is 0.107. The number of nitrogens with zero attached hydrogens (tertiary/aromatic N) is 1. The second kappa shape index (κ2) is 6.95. The normalized spacial score (nSPS) is 11.3. The summed E-state index contributed by atoms with van der Waals surface area (Å²) in [6, 6.07) is 8.97. The molecule has 0 aliphatic carbocycles. The zero-order valence-electron chi connectivity index (χ0n) is 11.8. The molecule has 1 heterocycles. The Hall–Kier alpha value is -2.27. The van der Waals surface area contributed by atoms with Crippen LogP contribution in [-0.2, 0) is 4.79 Å². The van der Waals surface area contributed by atoms with Gasteiger partial charge in [-0.1, -0.05) is 11.6 Å². The van der Waals surface area contributed by atoms with Gasteiger partial charge in [-0.25, -0.2) is 5.43 Å². The number of carbonyl (C=O) groups is 1. The molecule has 0 unspecified atom stereocenters. The van der Waals surface area contributed by atoms with Gasteiger partial charge in [0.15, 0.2) is 6.61 Å². The first kappa shape index (κ1) is 15.1. The molecule has 21 heavy (non-hydrogen) atoms. The third-order valence-electron chi connectivity index (χ3n) is 2.83. The van der Waals surface area contributed by atoms with Crippen molar-refractivity contribution in [2.24, 2.45) is 5.10 Å². The smallest absolute Gasteiger partial charge is 0.277 e. The summed E-state index contributed by atoms with van der Waals surface area (Å²) >= 11 is 5.86. The minimum Gasteiger partial charge on any atom is -0.483 e. The molecule has 0 saturated heterocycles. The van der Waals surface area contributed by atoms with Crippen LogP contribution in [0.4, 0.5) is 0 Å². The Bertz CT molecular complexity index is 651. The molecule has 0 aliphatic heterocycles. The Morgan fingerprint density at radius 3 is 2.90 bits per heavy atom. The van der Waals surface area contributed by atoms with Gasteiger partial charge in [0.1, 0.15) is 5.75 Å². The van der Waals surface area contributed by atoms with Crippen molar-refractivity contribution in [3.63, 3.8) is 0 Å². The van der Waals surface area contributed by atoms with E-state index in [2.05, 4.69) is 15.5 Å². The number of hydrogen-bond acceptors (Lipinski definition) is 3. The molecule has 1 amide bonds. The number of benzene rings is 1. The Morgan fingerprint density at radius 2 is 2.24 bits per heavy atom. The highest BCUT2D eigenvalue weighted by Crippen LogP contribution is 2.21. The molecule has 0 saturated carbocycles. The number of rotatable bonds is 5. The number of aromatic nitrogens is 1. The molecule has 0 fully saturated rings. The number of nitrogens with one attached hydrogen (secondary N) is 2. The topological polar surface area (TPSA) is 66.5 Å². The molecule has 0 aliphatic rings. The van der Waals surface area contributed by atoms with Crippen molar-refractivity contribution < 1.29 is 9.53 Å². The maximum Gasteiger partial charge on any atom is 0.277 e. The predicted octanol–water partition coefficient (Wildman–Crippen LogP) is 2.90. The molecule has 2 aromatic rings. The van der Waals surface area contributed by atoms with E-state index in [0.29, 0.717) is 16.5 Å². The summed E-state index contributed by atoms with van der Waals surface area (Å²) in [5.74, 6) is 0.301. The Kier molecular flexibility index (Phi) is 5.00. The van der Waals surface area contributed by atoms with Gasteiger partial charge in [-0.15, -0.1) is 0 Å². The zero-order chi connectivity index (χ0) is 15.2. The first-order valence-electron chi connectivity index (χ1n) is 6.42. The van der Waals surface area contributed by atoms with E-state index in [9.17, 15) is 4.79 Å². The Morgan fingerprint density at radius 1 is 1.43 bits per heavy atom. The molecule has 0 spiro atoms. The van der Waals surface area contributed by atoms with Crippen LogP contribution in [0.1, 0.15) is 18.2 Å². The summed E-state index contributed by atoms with van der Waals surface area (Å²) in [6.07, 6.45) is 1.79.